The largest absolute Gasteiger partial charge is 0.443 e. The summed E-state index contributed by atoms with van der Waals surface area (Å²) in [6.07, 6.45) is -0.804. The SMILES string of the molecule is Cn1c(Br)nc2c1c(=O)n(Cc1cc3cccc(F)c3n1C(=O)OC(C)(C)C)c(=O)n2C. The Morgan fingerprint density at radius 1 is 1.16 bits per heavy atom. The van der Waals surface area contributed by atoms with Gasteiger partial charge in [-0.1, -0.05) is 12.1 Å². The molecule has 0 atom stereocenters. The average Bonchev–Trinajstić information content (AvgIpc) is 3.21. The first-order chi connectivity index (χ1) is 14.9. The smallest absolute Gasteiger partial charge is 0.419 e. The van der Waals surface area contributed by atoms with Crippen molar-refractivity contribution in [2.45, 2.75) is 32.9 Å². The number of imidazole rings is 1. The molecule has 0 amide bonds. The Morgan fingerprint density at radius 2 is 1.84 bits per heavy atom. The molecule has 0 saturated carbocycles. The summed E-state index contributed by atoms with van der Waals surface area (Å²) in [6, 6.07) is 5.96. The minimum absolute atomic E-state index is 0.0194. The predicted molar refractivity (Wildman–Crippen MR) is 121 cm³/mol. The number of para-hydroxylation sites is 1. The molecule has 4 aromatic rings. The summed E-state index contributed by atoms with van der Waals surface area (Å²) in [5.41, 5.74) is -1.33. The van der Waals surface area contributed by atoms with Gasteiger partial charge in [0.05, 0.1) is 17.8 Å². The van der Waals surface area contributed by atoms with Gasteiger partial charge in [0, 0.05) is 19.5 Å². The van der Waals surface area contributed by atoms with Gasteiger partial charge in [-0.05, 0) is 48.8 Å². The molecule has 9 nitrogen and oxygen atoms in total. The lowest BCUT2D eigenvalue weighted by atomic mass is 10.2. The highest BCUT2D eigenvalue weighted by atomic mass is 79.9. The van der Waals surface area contributed by atoms with Crippen LogP contribution >= 0.6 is 15.9 Å². The highest BCUT2D eigenvalue weighted by Gasteiger charge is 2.25. The van der Waals surface area contributed by atoms with E-state index in [4.69, 9.17) is 4.74 Å². The van der Waals surface area contributed by atoms with E-state index in [2.05, 4.69) is 20.9 Å². The van der Waals surface area contributed by atoms with Crippen molar-refractivity contribution in [3.63, 3.8) is 0 Å². The summed E-state index contributed by atoms with van der Waals surface area (Å²) >= 11 is 3.26. The third-order valence-corrected chi connectivity index (χ3v) is 5.76. The first kappa shape index (κ1) is 22.0. The lowest BCUT2D eigenvalue weighted by Gasteiger charge is -2.21. The molecule has 32 heavy (non-hydrogen) atoms. The summed E-state index contributed by atoms with van der Waals surface area (Å²) in [5, 5.41) is 0.445. The van der Waals surface area contributed by atoms with E-state index in [1.54, 1.807) is 40.0 Å². The van der Waals surface area contributed by atoms with Gasteiger partial charge in [0.1, 0.15) is 11.4 Å². The minimum atomic E-state index is -0.830. The zero-order valence-corrected chi connectivity index (χ0v) is 19.7. The van der Waals surface area contributed by atoms with Gasteiger partial charge in [-0.3, -0.25) is 13.9 Å². The van der Waals surface area contributed by atoms with E-state index in [9.17, 15) is 18.8 Å². The predicted octanol–water partition coefficient (Wildman–Crippen LogP) is 3.12. The standard InChI is InChI=1S/C21H21BrFN5O4/c1-21(2,3)32-20(31)28-12(9-11-7-6-8-13(23)14(11)28)10-27-17(29)15-16(26(5)19(27)30)24-18(22)25(15)4/h6-9H,10H2,1-5H3. The maximum absolute atomic E-state index is 14.7. The van der Waals surface area contributed by atoms with Gasteiger partial charge in [0.25, 0.3) is 5.56 Å². The highest BCUT2D eigenvalue weighted by molar-refractivity contribution is 9.10. The van der Waals surface area contributed by atoms with Crippen LogP contribution in [-0.2, 0) is 25.4 Å². The van der Waals surface area contributed by atoms with Crippen molar-refractivity contribution in [1.82, 2.24) is 23.3 Å². The van der Waals surface area contributed by atoms with Crippen molar-refractivity contribution in [2.75, 3.05) is 0 Å². The number of aryl methyl sites for hydroxylation is 2. The van der Waals surface area contributed by atoms with Crippen LogP contribution in [0.2, 0.25) is 0 Å². The van der Waals surface area contributed by atoms with Gasteiger partial charge < -0.3 is 9.30 Å². The highest BCUT2D eigenvalue weighted by Crippen LogP contribution is 2.25. The number of halogens is 2. The number of carbonyl (C=O) groups is 1. The van der Waals surface area contributed by atoms with Crippen molar-refractivity contribution in [1.29, 1.82) is 0 Å². The molecule has 0 aliphatic rings. The van der Waals surface area contributed by atoms with Gasteiger partial charge >= 0.3 is 11.8 Å². The molecule has 0 spiro atoms. The summed E-state index contributed by atoms with van der Waals surface area (Å²) in [4.78, 5) is 43.4. The minimum Gasteiger partial charge on any atom is -0.443 e. The molecule has 4 rings (SSSR count). The topological polar surface area (TPSA) is 93.1 Å². The summed E-state index contributed by atoms with van der Waals surface area (Å²) in [7, 11) is 3.14. The van der Waals surface area contributed by atoms with E-state index >= 15 is 0 Å². The van der Waals surface area contributed by atoms with E-state index in [-0.39, 0.29) is 28.9 Å². The number of hydrogen-bond donors (Lipinski definition) is 0. The molecule has 0 fully saturated rings. The molecule has 168 valence electrons. The molecular weight excluding hydrogens is 485 g/mol. The number of hydrogen-bond acceptors (Lipinski definition) is 5. The van der Waals surface area contributed by atoms with Crippen LogP contribution in [0.1, 0.15) is 26.5 Å². The van der Waals surface area contributed by atoms with E-state index < -0.39 is 28.8 Å². The van der Waals surface area contributed by atoms with Crippen molar-refractivity contribution in [3.8, 4) is 0 Å². The molecule has 11 heteroatoms. The zero-order chi connectivity index (χ0) is 23.5. The second-order valence-electron chi connectivity index (χ2n) is 8.47. The van der Waals surface area contributed by atoms with Gasteiger partial charge in [-0.2, -0.15) is 0 Å². The number of fused-ring (bicyclic) bond motifs is 2. The molecule has 1 aromatic carbocycles. The van der Waals surface area contributed by atoms with Gasteiger partial charge in [-0.25, -0.2) is 23.5 Å². The Hall–Kier alpha value is -3.21. The van der Waals surface area contributed by atoms with Crippen molar-refractivity contribution >= 4 is 44.1 Å². The maximum atomic E-state index is 14.7. The van der Waals surface area contributed by atoms with Gasteiger partial charge in [0.15, 0.2) is 15.9 Å². The summed E-state index contributed by atoms with van der Waals surface area (Å²) in [6.45, 7) is 4.82. The quantitative estimate of drug-likeness (QED) is 0.390. The molecule has 0 saturated heterocycles. The number of rotatable bonds is 2. The molecule has 0 radical (unpaired) electrons. The number of carbonyl (C=O) groups excluding carboxylic acids is 1. The Balaban J connectivity index is 1.97. The van der Waals surface area contributed by atoms with Crippen molar-refractivity contribution in [2.24, 2.45) is 14.1 Å². The van der Waals surface area contributed by atoms with Crippen LogP contribution in [0.4, 0.5) is 9.18 Å². The third kappa shape index (κ3) is 3.46. The van der Waals surface area contributed by atoms with Gasteiger partial charge in [0.2, 0.25) is 0 Å². The van der Waals surface area contributed by atoms with Crippen LogP contribution in [0.5, 0.6) is 0 Å². The third-order valence-electron chi connectivity index (χ3n) is 5.05. The zero-order valence-electron chi connectivity index (χ0n) is 18.1. The fourth-order valence-electron chi connectivity index (χ4n) is 3.62. The maximum Gasteiger partial charge on any atom is 0.419 e. The molecule has 0 aliphatic carbocycles. The van der Waals surface area contributed by atoms with E-state index in [1.165, 1.54) is 28.3 Å². The number of benzene rings is 1. The Morgan fingerprint density at radius 3 is 2.50 bits per heavy atom. The molecule has 3 aromatic heterocycles. The van der Waals surface area contributed by atoms with Crippen molar-refractivity contribution in [3.05, 3.63) is 61.3 Å². The first-order valence-electron chi connectivity index (χ1n) is 9.74. The lowest BCUT2D eigenvalue weighted by Crippen LogP contribution is -2.40. The summed E-state index contributed by atoms with van der Waals surface area (Å²) in [5.74, 6) is -0.620. The first-order valence-corrected chi connectivity index (χ1v) is 10.5. The number of ether oxygens (including phenoxy) is 1. The second kappa shape index (κ2) is 7.44. The van der Waals surface area contributed by atoms with E-state index in [0.29, 0.717) is 10.1 Å². The van der Waals surface area contributed by atoms with Gasteiger partial charge in [-0.15, -0.1) is 0 Å². The van der Waals surface area contributed by atoms with Crippen LogP contribution in [0, 0.1) is 5.82 Å². The Kier molecular flexibility index (Phi) is 5.11. The molecule has 0 bridgehead atoms. The average molecular weight is 506 g/mol. The fourth-order valence-corrected chi connectivity index (χ4v) is 3.97. The monoisotopic (exact) mass is 505 g/mol. The van der Waals surface area contributed by atoms with E-state index in [1.807, 2.05) is 0 Å². The van der Waals surface area contributed by atoms with Crippen LogP contribution in [0.15, 0.2) is 38.6 Å². The number of nitrogens with zero attached hydrogens (tertiary/aromatic N) is 5. The number of aromatic nitrogens is 5. The Bertz CT molecular complexity index is 1520. The molecule has 0 unspecified atom stereocenters. The lowest BCUT2D eigenvalue weighted by molar-refractivity contribution is 0.0539. The van der Waals surface area contributed by atoms with Crippen molar-refractivity contribution < 1.29 is 13.9 Å². The van der Waals surface area contributed by atoms with Crippen LogP contribution in [-0.4, -0.2) is 34.9 Å². The molecule has 0 aliphatic heterocycles. The van der Waals surface area contributed by atoms with Crippen LogP contribution in [0.25, 0.3) is 22.1 Å². The molecule has 0 N–H and O–H groups in total. The van der Waals surface area contributed by atoms with Crippen LogP contribution < -0.4 is 11.2 Å². The van der Waals surface area contributed by atoms with Crippen LogP contribution in [0.3, 0.4) is 0 Å². The fraction of sp³-hybridized carbons (Fsp3) is 0.333. The molecule has 3 heterocycles. The molecular formula is C21H21BrFN5O4. The van der Waals surface area contributed by atoms with E-state index in [0.717, 1.165) is 9.13 Å². The summed E-state index contributed by atoms with van der Waals surface area (Å²) < 4.78 is 25.4. The second-order valence-corrected chi connectivity index (χ2v) is 9.18. The Labute approximate surface area is 189 Å². The normalized spacial score (nSPS) is 12.1.